The van der Waals surface area contributed by atoms with Crippen LogP contribution in [-0.2, 0) is 19.4 Å². The number of urea groups is 1. The number of aromatic nitrogens is 3. The lowest BCUT2D eigenvalue weighted by Crippen LogP contribution is -2.39. The molecule has 1 aliphatic heterocycles. The van der Waals surface area contributed by atoms with Gasteiger partial charge in [0.2, 0.25) is 0 Å². The maximum Gasteiger partial charge on any atom is 0.335 e. The number of carboxylic acid groups (broad SMARTS) is 1. The van der Waals surface area contributed by atoms with Gasteiger partial charge in [-0.05, 0) is 54.8 Å². The van der Waals surface area contributed by atoms with Crippen molar-refractivity contribution < 1.29 is 14.7 Å². The molecule has 0 radical (unpaired) electrons. The Hall–Kier alpha value is -4.59. The highest BCUT2D eigenvalue weighted by molar-refractivity contribution is 5.93. The third-order valence-corrected chi connectivity index (χ3v) is 6.57. The Morgan fingerprint density at radius 2 is 1.92 bits per heavy atom. The van der Waals surface area contributed by atoms with Gasteiger partial charge in [-0.15, -0.1) is 0 Å². The third kappa shape index (κ3) is 5.04. The van der Waals surface area contributed by atoms with Gasteiger partial charge in [-0.1, -0.05) is 31.2 Å². The summed E-state index contributed by atoms with van der Waals surface area (Å²) in [4.78, 5) is 40.6. The molecule has 37 heavy (non-hydrogen) atoms. The zero-order chi connectivity index (χ0) is 25.9. The van der Waals surface area contributed by atoms with Crippen molar-refractivity contribution in [2.45, 2.75) is 33.2 Å². The van der Waals surface area contributed by atoms with E-state index in [9.17, 15) is 14.7 Å². The number of carbonyl (C=O) groups excluding carboxylic acids is 1. The maximum atomic E-state index is 13.3. The summed E-state index contributed by atoms with van der Waals surface area (Å²) in [6, 6.07) is 16.5. The second-order valence-electron chi connectivity index (χ2n) is 9.06. The highest BCUT2D eigenvalue weighted by Gasteiger charge is 2.27. The van der Waals surface area contributed by atoms with Crippen LogP contribution in [0.15, 0.2) is 67.0 Å². The number of aryl methyl sites for hydroxylation is 2. The van der Waals surface area contributed by atoms with Gasteiger partial charge >= 0.3 is 12.0 Å². The summed E-state index contributed by atoms with van der Waals surface area (Å²) in [6.45, 7) is 4.81. The Morgan fingerprint density at radius 3 is 2.65 bits per heavy atom. The number of benzene rings is 2. The number of nitrogens with zero attached hydrogens (tertiary/aromatic N) is 4. The number of anilines is 1. The van der Waals surface area contributed by atoms with Gasteiger partial charge in [0, 0.05) is 47.7 Å². The van der Waals surface area contributed by atoms with Crippen LogP contribution in [-0.4, -0.2) is 43.5 Å². The van der Waals surface area contributed by atoms with Crippen molar-refractivity contribution in [1.82, 2.24) is 19.9 Å². The summed E-state index contributed by atoms with van der Waals surface area (Å²) < 4.78 is 0. The van der Waals surface area contributed by atoms with Crippen molar-refractivity contribution in [2.75, 3.05) is 11.9 Å². The number of hydrogen-bond donors (Lipinski definition) is 2. The molecular formula is C29H27N5O3. The fraction of sp³-hybridized carbons (Fsp3) is 0.207. The Morgan fingerprint density at radius 1 is 1.08 bits per heavy atom. The average molecular weight is 494 g/mol. The fourth-order valence-corrected chi connectivity index (χ4v) is 4.57. The van der Waals surface area contributed by atoms with Gasteiger partial charge in [0.1, 0.15) is 0 Å². The summed E-state index contributed by atoms with van der Waals surface area (Å²) >= 11 is 0. The van der Waals surface area contributed by atoms with Gasteiger partial charge < -0.3 is 15.3 Å². The van der Waals surface area contributed by atoms with Crippen molar-refractivity contribution in [3.8, 4) is 22.6 Å². The summed E-state index contributed by atoms with van der Waals surface area (Å²) in [7, 11) is 0. The molecule has 0 spiro atoms. The molecule has 0 unspecified atom stereocenters. The largest absolute Gasteiger partial charge is 0.478 e. The summed E-state index contributed by atoms with van der Waals surface area (Å²) in [5.74, 6) is -0.414. The van der Waals surface area contributed by atoms with E-state index >= 15 is 0 Å². The molecule has 2 N–H and O–H groups in total. The van der Waals surface area contributed by atoms with Crippen LogP contribution in [0.25, 0.3) is 22.6 Å². The van der Waals surface area contributed by atoms with Crippen molar-refractivity contribution in [1.29, 1.82) is 0 Å². The zero-order valence-corrected chi connectivity index (χ0v) is 20.7. The minimum atomic E-state index is -1.03. The first-order valence-electron chi connectivity index (χ1n) is 12.2. The van der Waals surface area contributed by atoms with Gasteiger partial charge in [-0.25, -0.2) is 19.6 Å². The van der Waals surface area contributed by atoms with Crippen LogP contribution >= 0.6 is 0 Å². The Balaban J connectivity index is 1.49. The molecule has 186 valence electrons. The molecular weight excluding hydrogens is 466 g/mol. The van der Waals surface area contributed by atoms with E-state index in [0.717, 1.165) is 39.2 Å². The van der Waals surface area contributed by atoms with Gasteiger partial charge in [0.15, 0.2) is 5.82 Å². The molecule has 0 saturated heterocycles. The zero-order valence-electron chi connectivity index (χ0n) is 20.7. The number of pyridine rings is 1. The standard InChI is InChI=1S/C29H27N5O3/c1-3-19-13-21(28(35)36)15-22(14-19)31-29(37)34-12-10-25-24(17-34)26(23-9-5-4-7-18(23)2)33-27(32-25)20-8-6-11-30-16-20/h4-9,11,13-16H,3,10,12,17H2,1-2H3,(H,31,37)(H,35,36). The number of nitrogens with one attached hydrogen (secondary N) is 1. The predicted octanol–water partition coefficient (Wildman–Crippen LogP) is 5.36. The smallest absolute Gasteiger partial charge is 0.335 e. The number of rotatable bonds is 5. The van der Waals surface area contributed by atoms with Crippen LogP contribution < -0.4 is 5.32 Å². The van der Waals surface area contributed by atoms with E-state index in [1.807, 2.05) is 56.3 Å². The van der Waals surface area contributed by atoms with Crippen LogP contribution in [0.1, 0.15) is 39.7 Å². The number of carbonyl (C=O) groups is 2. The molecule has 5 rings (SSSR count). The molecule has 2 amide bonds. The number of carboxylic acids is 1. The van der Waals surface area contributed by atoms with E-state index in [1.165, 1.54) is 6.07 Å². The molecule has 8 nitrogen and oxygen atoms in total. The number of amides is 2. The first kappa shape index (κ1) is 24.1. The molecule has 0 saturated carbocycles. The minimum absolute atomic E-state index is 0.150. The summed E-state index contributed by atoms with van der Waals surface area (Å²) in [6.07, 6.45) is 4.71. The molecule has 4 aromatic rings. The Bertz CT molecular complexity index is 1490. The van der Waals surface area contributed by atoms with E-state index in [0.29, 0.717) is 37.4 Å². The quantitative estimate of drug-likeness (QED) is 0.387. The van der Waals surface area contributed by atoms with Crippen molar-refractivity contribution in [3.63, 3.8) is 0 Å². The number of fused-ring (bicyclic) bond motifs is 1. The molecule has 0 fully saturated rings. The molecule has 0 bridgehead atoms. The SMILES string of the molecule is CCc1cc(NC(=O)N2CCc3nc(-c4cccnc4)nc(-c4ccccc4C)c3C2)cc(C(=O)O)c1. The monoisotopic (exact) mass is 493 g/mol. The molecule has 8 heteroatoms. The van der Waals surface area contributed by atoms with Crippen molar-refractivity contribution >= 4 is 17.7 Å². The molecule has 1 aliphatic rings. The minimum Gasteiger partial charge on any atom is -0.478 e. The van der Waals surface area contributed by atoms with Crippen LogP contribution in [0.4, 0.5) is 10.5 Å². The average Bonchev–Trinajstić information content (AvgIpc) is 2.92. The number of hydrogen-bond acceptors (Lipinski definition) is 5. The molecule has 2 aromatic heterocycles. The first-order chi connectivity index (χ1) is 17.9. The van der Waals surface area contributed by atoms with Crippen LogP contribution in [0.2, 0.25) is 0 Å². The lowest BCUT2D eigenvalue weighted by atomic mass is 9.96. The maximum absolute atomic E-state index is 13.3. The van der Waals surface area contributed by atoms with E-state index in [4.69, 9.17) is 9.97 Å². The van der Waals surface area contributed by atoms with E-state index < -0.39 is 5.97 Å². The predicted molar refractivity (Wildman–Crippen MR) is 141 cm³/mol. The van der Waals surface area contributed by atoms with E-state index in [-0.39, 0.29) is 11.6 Å². The lowest BCUT2D eigenvalue weighted by Gasteiger charge is -2.30. The van der Waals surface area contributed by atoms with Gasteiger partial charge in [0.05, 0.1) is 23.5 Å². The van der Waals surface area contributed by atoms with Crippen LogP contribution in [0.5, 0.6) is 0 Å². The van der Waals surface area contributed by atoms with Crippen LogP contribution in [0, 0.1) is 6.92 Å². The van der Waals surface area contributed by atoms with Gasteiger partial charge in [-0.2, -0.15) is 0 Å². The first-order valence-corrected chi connectivity index (χ1v) is 12.2. The van der Waals surface area contributed by atoms with E-state index in [1.54, 1.807) is 23.4 Å². The topological polar surface area (TPSA) is 108 Å². The van der Waals surface area contributed by atoms with Crippen molar-refractivity contribution in [3.05, 3.63) is 94.9 Å². The van der Waals surface area contributed by atoms with Crippen molar-refractivity contribution in [2.24, 2.45) is 0 Å². The summed E-state index contributed by atoms with van der Waals surface area (Å²) in [5.41, 5.74) is 7.01. The Labute approximate surface area is 215 Å². The molecule has 0 aliphatic carbocycles. The highest BCUT2D eigenvalue weighted by atomic mass is 16.4. The Kier molecular flexibility index (Phi) is 6.64. The van der Waals surface area contributed by atoms with Gasteiger partial charge in [-0.3, -0.25) is 4.98 Å². The number of aromatic carboxylic acids is 1. The van der Waals surface area contributed by atoms with E-state index in [2.05, 4.69) is 10.3 Å². The molecule has 3 heterocycles. The normalized spacial score (nSPS) is 12.6. The van der Waals surface area contributed by atoms with Gasteiger partial charge in [0.25, 0.3) is 0 Å². The summed E-state index contributed by atoms with van der Waals surface area (Å²) in [5, 5.41) is 12.3. The second-order valence-corrected chi connectivity index (χ2v) is 9.06. The van der Waals surface area contributed by atoms with Crippen LogP contribution in [0.3, 0.4) is 0 Å². The molecule has 0 atom stereocenters. The third-order valence-electron chi connectivity index (χ3n) is 6.57. The highest BCUT2D eigenvalue weighted by Crippen LogP contribution is 2.32. The lowest BCUT2D eigenvalue weighted by molar-refractivity contribution is 0.0696. The molecule has 2 aromatic carbocycles. The fourth-order valence-electron chi connectivity index (χ4n) is 4.57. The second kappa shape index (κ2) is 10.2.